The van der Waals surface area contributed by atoms with Crippen LogP contribution < -0.4 is 10.6 Å². The van der Waals surface area contributed by atoms with Gasteiger partial charge in [0, 0.05) is 36.9 Å². The van der Waals surface area contributed by atoms with Crippen molar-refractivity contribution >= 4 is 39.1 Å². The van der Waals surface area contributed by atoms with Crippen LogP contribution >= 0.6 is 11.3 Å². The third-order valence-corrected chi connectivity index (χ3v) is 5.09. The van der Waals surface area contributed by atoms with E-state index in [4.69, 9.17) is 0 Å². The third kappa shape index (κ3) is 3.47. The Morgan fingerprint density at radius 1 is 1.32 bits per heavy atom. The molecule has 2 aromatic heterocycles. The summed E-state index contributed by atoms with van der Waals surface area (Å²) in [6, 6.07) is 9.78. The molecule has 3 heterocycles. The van der Waals surface area contributed by atoms with E-state index in [-0.39, 0.29) is 5.91 Å². The summed E-state index contributed by atoms with van der Waals surface area (Å²) in [7, 11) is 0. The topological polar surface area (TPSA) is 70.2 Å². The summed E-state index contributed by atoms with van der Waals surface area (Å²) < 4.78 is 1.07. The minimum atomic E-state index is 0.0795. The van der Waals surface area contributed by atoms with Crippen LogP contribution in [0.5, 0.6) is 0 Å². The molecule has 2 N–H and O–H groups in total. The molecule has 1 fully saturated rings. The van der Waals surface area contributed by atoms with Crippen molar-refractivity contribution in [3.63, 3.8) is 0 Å². The van der Waals surface area contributed by atoms with Gasteiger partial charge in [-0.15, -0.1) is 11.3 Å². The van der Waals surface area contributed by atoms with Gasteiger partial charge in [0.2, 0.25) is 5.95 Å². The number of rotatable bonds is 3. The summed E-state index contributed by atoms with van der Waals surface area (Å²) in [5.41, 5.74) is 2.50. The molecule has 4 rings (SSSR count). The number of nitrogens with one attached hydrogen (secondary N) is 2. The third-order valence-electron chi connectivity index (χ3n) is 4.25. The van der Waals surface area contributed by atoms with Gasteiger partial charge in [-0.05, 0) is 42.6 Å². The Hall–Kier alpha value is -2.51. The molecule has 6 nitrogen and oxygen atoms in total. The predicted octanol–water partition coefficient (Wildman–Crippen LogP) is 2.87. The maximum Gasteiger partial charge on any atom is 0.253 e. The van der Waals surface area contributed by atoms with Crippen LogP contribution in [0.3, 0.4) is 0 Å². The molecule has 1 amide bonds. The number of amides is 1. The van der Waals surface area contributed by atoms with Crippen molar-refractivity contribution in [1.29, 1.82) is 0 Å². The molecule has 0 spiro atoms. The summed E-state index contributed by atoms with van der Waals surface area (Å²) in [6.45, 7) is 4.43. The first-order valence-corrected chi connectivity index (χ1v) is 9.17. The number of hydrogen-bond acceptors (Lipinski definition) is 6. The lowest BCUT2D eigenvalue weighted by atomic mass is 10.1. The van der Waals surface area contributed by atoms with E-state index in [1.165, 1.54) is 0 Å². The Labute approximate surface area is 149 Å². The summed E-state index contributed by atoms with van der Waals surface area (Å²) in [6.07, 6.45) is 1.82. The molecule has 1 aliphatic rings. The number of carbonyl (C=O) groups is 1. The number of benzene rings is 1. The predicted molar refractivity (Wildman–Crippen MR) is 101 cm³/mol. The summed E-state index contributed by atoms with van der Waals surface area (Å²) in [5, 5.41) is 8.53. The van der Waals surface area contributed by atoms with Crippen LogP contribution in [0.1, 0.15) is 17.3 Å². The Morgan fingerprint density at radius 2 is 2.16 bits per heavy atom. The number of fused-ring (bicyclic) bond motifs is 1. The van der Waals surface area contributed by atoms with E-state index in [2.05, 4.69) is 27.5 Å². The van der Waals surface area contributed by atoms with Gasteiger partial charge in [-0.3, -0.25) is 4.79 Å². The lowest BCUT2D eigenvalue weighted by Crippen LogP contribution is -2.51. The Kier molecular flexibility index (Phi) is 4.33. The van der Waals surface area contributed by atoms with Crippen LogP contribution in [0.2, 0.25) is 0 Å². The van der Waals surface area contributed by atoms with Gasteiger partial charge in [0.1, 0.15) is 0 Å². The number of aromatic nitrogens is 2. The summed E-state index contributed by atoms with van der Waals surface area (Å²) in [4.78, 5) is 23.3. The van der Waals surface area contributed by atoms with E-state index in [0.717, 1.165) is 35.5 Å². The van der Waals surface area contributed by atoms with E-state index in [1.807, 2.05) is 46.8 Å². The molecule has 1 aliphatic heterocycles. The molecule has 1 saturated heterocycles. The van der Waals surface area contributed by atoms with E-state index in [1.54, 1.807) is 11.3 Å². The molecule has 3 aromatic rings. The minimum absolute atomic E-state index is 0.0795. The highest BCUT2D eigenvalue weighted by Crippen LogP contribution is 2.21. The monoisotopic (exact) mass is 353 g/mol. The zero-order valence-corrected chi connectivity index (χ0v) is 14.7. The van der Waals surface area contributed by atoms with Gasteiger partial charge in [-0.2, -0.15) is 0 Å². The second kappa shape index (κ2) is 6.78. The normalized spacial score (nSPS) is 17.6. The minimum Gasteiger partial charge on any atom is -0.336 e. The largest absolute Gasteiger partial charge is 0.336 e. The molecule has 1 aromatic carbocycles. The van der Waals surface area contributed by atoms with Crippen molar-refractivity contribution in [3.05, 3.63) is 47.5 Å². The molecule has 1 unspecified atom stereocenters. The van der Waals surface area contributed by atoms with Crippen molar-refractivity contribution in [2.75, 3.05) is 25.0 Å². The van der Waals surface area contributed by atoms with Gasteiger partial charge in [0.25, 0.3) is 5.91 Å². The van der Waals surface area contributed by atoms with Crippen molar-refractivity contribution in [2.45, 2.75) is 13.0 Å². The zero-order chi connectivity index (χ0) is 17.2. The molecule has 0 radical (unpaired) electrons. The highest BCUT2D eigenvalue weighted by atomic mass is 32.1. The first-order chi connectivity index (χ1) is 12.2. The van der Waals surface area contributed by atoms with Gasteiger partial charge in [0.15, 0.2) is 0 Å². The van der Waals surface area contributed by atoms with Crippen molar-refractivity contribution < 1.29 is 4.79 Å². The molecular weight excluding hydrogens is 334 g/mol. The van der Waals surface area contributed by atoms with Crippen LogP contribution in [-0.4, -0.2) is 46.5 Å². The van der Waals surface area contributed by atoms with Crippen molar-refractivity contribution in [1.82, 2.24) is 20.2 Å². The highest BCUT2D eigenvalue weighted by Gasteiger charge is 2.21. The molecule has 25 heavy (non-hydrogen) atoms. The van der Waals surface area contributed by atoms with Crippen LogP contribution in [-0.2, 0) is 0 Å². The Morgan fingerprint density at radius 3 is 2.96 bits per heavy atom. The Balaban J connectivity index is 1.46. The lowest BCUT2D eigenvalue weighted by Gasteiger charge is -2.32. The number of thiophene rings is 1. The van der Waals surface area contributed by atoms with E-state index in [0.29, 0.717) is 17.6 Å². The fraction of sp³-hybridized carbons (Fsp3) is 0.278. The zero-order valence-electron chi connectivity index (χ0n) is 13.9. The summed E-state index contributed by atoms with van der Waals surface area (Å²) in [5.74, 6) is 0.636. The van der Waals surface area contributed by atoms with Crippen LogP contribution in [0.4, 0.5) is 11.6 Å². The standard InChI is InChI=1S/C18H19N5OS/c1-12-11-23(8-7-19-12)17(24)13-2-4-14(5-3-13)21-18-20-10-16-15(22-18)6-9-25-16/h2-6,9-10,12,19H,7-8,11H2,1H3,(H,20,21,22). The second-order valence-corrected chi connectivity index (χ2v) is 7.12. The van der Waals surface area contributed by atoms with E-state index in [9.17, 15) is 4.79 Å². The average molecular weight is 353 g/mol. The van der Waals surface area contributed by atoms with Crippen molar-refractivity contribution in [2.24, 2.45) is 0 Å². The van der Waals surface area contributed by atoms with Crippen LogP contribution in [0.25, 0.3) is 10.2 Å². The molecule has 128 valence electrons. The highest BCUT2D eigenvalue weighted by molar-refractivity contribution is 7.17. The fourth-order valence-corrected chi connectivity index (χ4v) is 3.64. The molecular formula is C18H19N5OS. The maximum absolute atomic E-state index is 12.6. The number of carbonyl (C=O) groups excluding carboxylic acids is 1. The SMILES string of the molecule is CC1CN(C(=O)c2ccc(Nc3ncc4sccc4n3)cc2)CCN1. The van der Waals surface area contributed by atoms with Crippen molar-refractivity contribution in [3.8, 4) is 0 Å². The quantitative estimate of drug-likeness (QED) is 0.758. The number of nitrogens with zero attached hydrogens (tertiary/aromatic N) is 3. The number of anilines is 2. The summed E-state index contributed by atoms with van der Waals surface area (Å²) >= 11 is 1.62. The van der Waals surface area contributed by atoms with Crippen LogP contribution in [0, 0.1) is 0 Å². The first kappa shape index (κ1) is 16.0. The number of hydrogen-bond donors (Lipinski definition) is 2. The first-order valence-electron chi connectivity index (χ1n) is 8.29. The molecule has 0 saturated carbocycles. The van der Waals surface area contributed by atoms with Gasteiger partial charge in [-0.1, -0.05) is 0 Å². The van der Waals surface area contributed by atoms with Gasteiger partial charge in [0.05, 0.1) is 16.4 Å². The smallest absolute Gasteiger partial charge is 0.253 e. The second-order valence-electron chi connectivity index (χ2n) is 6.17. The number of piperazine rings is 1. The molecule has 0 bridgehead atoms. The van der Waals surface area contributed by atoms with Gasteiger partial charge < -0.3 is 15.5 Å². The van der Waals surface area contributed by atoms with E-state index < -0.39 is 0 Å². The van der Waals surface area contributed by atoms with Gasteiger partial charge >= 0.3 is 0 Å². The molecule has 1 atom stereocenters. The molecule has 7 heteroatoms. The van der Waals surface area contributed by atoms with Gasteiger partial charge in [-0.25, -0.2) is 9.97 Å². The molecule has 0 aliphatic carbocycles. The average Bonchev–Trinajstić information content (AvgIpc) is 3.09. The fourth-order valence-electron chi connectivity index (χ4n) is 2.95. The van der Waals surface area contributed by atoms with Crippen LogP contribution in [0.15, 0.2) is 41.9 Å². The maximum atomic E-state index is 12.6. The Bertz CT molecular complexity index is 892. The van der Waals surface area contributed by atoms with E-state index >= 15 is 0 Å². The lowest BCUT2D eigenvalue weighted by molar-refractivity contribution is 0.0709.